The molecule has 1 aromatic heterocycles. The molecule has 0 bridgehead atoms. The van der Waals surface area contributed by atoms with Crippen molar-refractivity contribution >= 4 is 54.6 Å². The van der Waals surface area contributed by atoms with Crippen LogP contribution in [0.5, 0.6) is 0 Å². The zero-order valence-electron chi connectivity index (χ0n) is 9.28. The molecule has 0 aliphatic heterocycles. The summed E-state index contributed by atoms with van der Waals surface area (Å²) in [7, 11) is 2.07. The van der Waals surface area contributed by atoms with Gasteiger partial charge in [-0.25, -0.2) is 0 Å². The Hall–Kier alpha value is -0.520. The average Bonchev–Trinajstić information content (AvgIpc) is 2.63. The van der Waals surface area contributed by atoms with Gasteiger partial charge in [0.2, 0.25) is 0 Å². The maximum Gasteiger partial charge on any atom is 0.0701 e. The van der Waals surface area contributed by atoms with E-state index in [1.54, 1.807) is 11.3 Å². The summed E-state index contributed by atoms with van der Waals surface area (Å²) in [4.78, 5) is 2.19. The molecule has 0 amide bonds. The van der Waals surface area contributed by atoms with Gasteiger partial charge in [0.1, 0.15) is 0 Å². The Labute approximate surface area is 122 Å². The van der Waals surface area contributed by atoms with Crippen molar-refractivity contribution in [2.75, 3.05) is 17.7 Å². The molecule has 2 nitrogen and oxygen atoms in total. The molecule has 1 aromatic carbocycles. The minimum Gasteiger partial charge on any atom is -0.399 e. The van der Waals surface area contributed by atoms with Gasteiger partial charge in [0.25, 0.3) is 0 Å². The van der Waals surface area contributed by atoms with Gasteiger partial charge in [-0.1, -0.05) is 0 Å². The van der Waals surface area contributed by atoms with Gasteiger partial charge in [-0.05, 0) is 67.1 Å². The second-order valence-electron chi connectivity index (χ2n) is 3.83. The maximum atomic E-state index is 5.73. The van der Waals surface area contributed by atoms with Crippen LogP contribution in [0.2, 0.25) is 0 Å². The Morgan fingerprint density at radius 2 is 2.06 bits per heavy atom. The van der Waals surface area contributed by atoms with Gasteiger partial charge in [-0.3, -0.25) is 0 Å². The fourth-order valence-corrected chi connectivity index (χ4v) is 3.52. The molecule has 0 saturated heterocycles. The fraction of sp³-hybridized carbons (Fsp3) is 0.167. The van der Waals surface area contributed by atoms with Crippen LogP contribution in [0, 0.1) is 0 Å². The van der Waals surface area contributed by atoms with Gasteiger partial charge >= 0.3 is 0 Å². The van der Waals surface area contributed by atoms with Gasteiger partial charge in [-0.15, -0.1) is 11.3 Å². The molecule has 0 radical (unpaired) electrons. The zero-order chi connectivity index (χ0) is 12.4. The number of nitrogens with zero attached hydrogens (tertiary/aromatic N) is 1. The molecular formula is C12H12Br2N2S. The average molecular weight is 376 g/mol. The normalized spacial score (nSPS) is 10.5. The monoisotopic (exact) mass is 374 g/mol. The molecule has 0 spiro atoms. The Bertz CT molecular complexity index is 525. The molecule has 2 aromatic rings. The van der Waals surface area contributed by atoms with Gasteiger partial charge in [0, 0.05) is 23.8 Å². The molecule has 0 saturated carbocycles. The van der Waals surface area contributed by atoms with Crippen molar-refractivity contribution in [2.45, 2.75) is 6.54 Å². The van der Waals surface area contributed by atoms with Gasteiger partial charge in [0.15, 0.2) is 0 Å². The first kappa shape index (κ1) is 12.9. The van der Waals surface area contributed by atoms with Crippen molar-refractivity contribution < 1.29 is 0 Å². The van der Waals surface area contributed by atoms with Crippen LogP contribution in [0.15, 0.2) is 37.9 Å². The third-order valence-electron chi connectivity index (χ3n) is 2.42. The number of hydrogen-bond acceptors (Lipinski definition) is 3. The summed E-state index contributed by atoms with van der Waals surface area (Å²) in [5, 5.41) is 2.16. The van der Waals surface area contributed by atoms with E-state index in [1.165, 1.54) is 5.56 Å². The Balaban J connectivity index is 2.17. The Morgan fingerprint density at radius 1 is 1.29 bits per heavy atom. The van der Waals surface area contributed by atoms with Crippen LogP contribution in [0.4, 0.5) is 11.4 Å². The molecule has 5 heteroatoms. The molecule has 0 unspecified atom stereocenters. The largest absolute Gasteiger partial charge is 0.399 e. The molecule has 0 aliphatic rings. The minimum atomic E-state index is 0.771. The highest BCUT2D eigenvalue weighted by atomic mass is 79.9. The topological polar surface area (TPSA) is 29.3 Å². The van der Waals surface area contributed by atoms with Crippen LogP contribution in [-0.4, -0.2) is 7.05 Å². The van der Waals surface area contributed by atoms with E-state index in [2.05, 4.69) is 55.3 Å². The highest BCUT2D eigenvalue weighted by Crippen LogP contribution is 2.29. The zero-order valence-corrected chi connectivity index (χ0v) is 13.3. The fourth-order valence-electron chi connectivity index (χ4n) is 1.62. The summed E-state index contributed by atoms with van der Waals surface area (Å²) in [6.07, 6.45) is 0. The van der Waals surface area contributed by atoms with Gasteiger partial charge in [-0.2, -0.15) is 0 Å². The molecule has 2 rings (SSSR count). The summed E-state index contributed by atoms with van der Waals surface area (Å²) in [6, 6.07) is 8.02. The number of anilines is 2. The van der Waals surface area contributed by atoms with E-state index >= 15 is 0 Å². The molecule has 90 valence electrons. The number of rotatable bonds is 3. The van der Waals surface area contributed by atoms with Crippen LogP contribution >= 0.6 is 43.2 Å². The van der Waals surface area contributed by atoms with Crippen molar-refractivity contribution in [1.29, 1.82) is 0 Å². The Morgan fingerprint density at radius 3 is 2.65 bits per heavy atom. The third kappa shape index (κ3) is 3.24. The number of nitrogens with two attached hydrogens (primary N) is 1. The molecule has 17 heavy (non-hydrogen) atoms. The van der Waals surface area contributed by atoms with E-state index < -0.39 is 0 Å². The van der Waals surface area contributed by atoms with Gasteiger partial charge < -0.3 is 10.6 Å². The first-order valence-electron chi connectivity index (χ1n) is 5.05. The molecule has 0 fully saturated rings. The van der Waals surface area contributed by atoms with Crippen LogP contribution < -0.4 is 10.6 Å². The molecule has 2 N–H and O–H groups in total. The minimum absolute atomic E-state index is 0.771. The first-order valence-corrected chi connectivity index (χ1v) is 7.52. The van der Waals surface area contributed by atoms with Crippen LogP contribution in [0.1, 0.15) is 5.56 Å². The standard InChI is InChI=1S/C12H12Br2N2S/c1-16(6-8-4-12(14)17-7-8)11-3-2-9(15)5-10(11)13/h2-5,7H,6,15H2,1H3. The third-order valence-corrected chi connectivity index (χ3v) is 4.61. The molecule has 0 aliphatic carbocycles. The molecular weight excluding hydrogens is 364 g/mol. The lowest BCUT2D eigenvalue weighted by Gasteiger charge is -2.20. The van der Waals surface area contributed by atoms with E-state index in [1.807, 2.05) is 18.2 Å². The van der Waals surface area contributed by atoms with Crippen molar-refractivity contribution in [3.63, 3.8) is 0 Å². The van der Waals surface area contributed by atoms with E-state index in [0.29, 0.717) is 0 Å². The number of thiophene rings is 1. The highest BCUT2D eigenvalue weighted by Gasteiger charge is 2.07. The van der Waals surface area contributed by atoms with Crippen LogP contribution in [-0.2, 0) is 6.54 Å². The van der Waals surface area contributed by atoms with E-state index in [-0.39, 0.29) is 0 Å². The second kappa shape index (κ2) is 5.42. The van der Waals surface area contributed by atoms with Crippen molar-refractivity contribution in [3.8, 4) is 0 Å². The number of nitrogen functional groups attached to an aromatic ring is 1. The van der Waals surface area contributed by atoms with Gasteiger partial charge in [0.05, 0.1) is 9.47 Å². The number of benzene rings is 1. The predicted octanol–water partition coefficient (Wildman–Crippen LogP) is 4.49. The van der Waals surface area contributed by atoms with Crippen LogP contribution in [0.3, 0.4) is 0 Å². The predicted molar refractivity (Wildman–Crippen MR) is 82.7 cm³/mol. The summed E-state index contributed by atoms with van der Waals surface area (Å²) >= 11 is 8.72. The first-order chi connectivity index (χ1) is 8.06. The quantitative estimate of drug-likeness (QED) is 0.800. The van der Waals surface area contributed by atoms with E-state index in [0.717, 1.165) is 26.2 Å². The number of hydrogen-bond donors (Lipinski definition) is 1. The lowest BCUT2D eigenvalue weighted by molar-refractivity contribution is 0.924. The summed E-state index contributed by atoms with van der Waals surface area (Å²) in [5.74, 6) is 0. The maximum absolute atomic E-state index is 5.73. The Kier molecular flexibility index (Phi) is 4.12. The summed E-state index contributed by atoms with van der Waals surface area (Å²) in [5.41, 5.74) is 8.94. The van der Waals surface area contributed by atoms with E-state index in [9.17, 15) is 0 Å². The highest BCUT2D eigenvalue weighted by molar-refractivity contribution is 9.11. The smallest absolute Gasteiger partial charge is 0.0701 e. The summed E-state index contributed by atoms with van der Waals surface area (Å²) in [6.45, 7) is 0.880. The van der Waals surface area contributed by atoms with Crippen molar-refractivity contribution in [3.05, 3.63) is 43.5 Å². The molecule has 1 heterocycles. The van der Waals surface area contributed by atoms with E-state index in [4.69, 9.17) is 5.73 Å². The lowest BCUT2D eigenvalue weighted by atomic mass is 10.2. The summed E-state index contributed by atoms with van der Waals surface area (Å²) < 4.78 is 2.19. The lowest BCUT2D eigenvalue weighted by Crippen LogP contribution is -2.16. The van der Waals surface area contributed by atoms with Crippen LogP contribution in [0.25, 0.3) is 0 Å². The number of halogens is 2. The molecule has 0 atom stereocenters. The SMILES string of the molecule is CN(Cc1csc(Br)c1)c1ccc(N)cc1Br. The second-order valence-corrected chi connectivity index (χ2v) is 6.97. The van der Waals surface area contributed by atoms with Crippen molar-refractivity contribution in [2.24, 2.45) is 0 Å². The van der Waals surface area contributed by atoms with Crippen molar-refractivity contribution in [1.82, 2.24) is 0 Å².